The highest BCUT2D eigenvalue weighted by Gasteiger charge is 2.14. The van der Waals surface area contributed by atoms with Crippen LogP contribution in [0.3, 0.4) is 0 Å². The minimum Gasteiger partial charge on any atom is -0.479 e. The second-order valence-electron chi connectivity index (χ2n) is 3.80. The third-order valence-electron chi connectivity index (χ3n) is 2.52. The van der Waals surface area contributed by atoms with Gasteiger partial charge in [0, 0.05) is 24.8 Å². The highest BCUT2D eigenvalue weighted by atomic mass is 16.4. The lowest BCUT2D eigenvalue weighted by Crippen LogP contribution is -2.41. The molecule has 18 heavy (non-hydrogen) atoms. The number of carbonyl (C=O) groups excluding carboxylic acids is 1. The van der Waals surface area contributed by atoms with Crippen LogP contribution in [-0.4, -0.2) is 44.6 Å². The summed E-state index contributed by atoms with van der Waals surface area (Å²) >= 11 is 0. The molecular weight excluding hydrogens is 240 g/mol. The number of carbonyl (C=O) groups is 2. The third-order valence-corrected chi connectivity index (χ3v) is 2.52. The van der Waals surface area contributed by atoms with Crippen molar-refractivity contribution in [1.82, 2.24) is 20.4 Å². The molecule has 0 fully saturated rings. The van der Waals surface area contributed by atoms with Gasteiger partial charge in [-0.2, -0.15) is 5.10 Å². The number of amides is 2. The van der Waals surface area contributed by atoms with E-state index in [1.807, 2.05) is 6.92 Å². The zero-order valence-electron chi connectivity index (χ0n) is 10.2. The molecule has 4 N–H and O–H groups in total. The molecule has 0 saturated carbocycles. The van der Waals surface area contributed by atoms with E-state index in [-0.39, 0.29) is 13.1 Å². The van der Waals surface area contributed by atoms with Gasteiger partial charge in [0.2, 0.25) is 0 Å². The molecule has 0 bridgehead atoms. The summed E-state index contributed by atoms with van der Waals surface area (Å²) in [5, 5.41) is 26.2. The van der Waals surface area contributed by atoms with Crippen molar-refractivity contribution in [2.24, 2.45) is 7.05 Å². The van der Waals surface area contributed by atoms with Gasteiger partial charge >= 0.3 is 12.0 Å². The standard InChI is InChI=1S/C10H16N4O4/c1-6-7(4-13-14(6)2)3-11-10(18)12-5-8(15)9(16)17/h4,8,15H,3,5H2,1-2H3,(H,16,17)(H2,11,12,18). The summed E-state index contributed by atoms with van der Waals surface area (Å²) in [5.74, 6) is -1.38. The second-order valence-corrected chi connectivity index (χ2v) is 3.80. The molecular formula is C10H16N4O4. The smallest absolute Gasteiger partial charge is 0.334 e. The van der Waals surface area contributed by atoms with Crippen molar-refractivity contribution < 1.29 is 19.8 Å². The molecule has 8 nitrogen and oxygen atoms in total. The van der Waals surface area contributed by atoms with Gasteiger partial charge in [0.25, 0.3) is 0 Å². The first-order valence-electron chi connectivity index (χ1n) is 5.32. The lowest BCUT2D eigenvalue weighted by Gasteiger charge is -2.09. The molecule has 0 spiro atoms. The van der Waals surface area contributed by atoms with Gasteiger partial charge in [-0.25, -0.2) is 9.59 Å². The molecule has 1 aromatic heterocycles. The fraction of sp³-hybridized carbons (Fsp3) is 0.500. The number of aliphatic hydroxyl groups is 1. The van der Waals surface area contributed by atoms with E-state index in [0.29, 0.717) is 0 Å². The van der Waals surface area contributed by atoms with Crippen LogP contribution in [0.1, 0.15) is 11.3 Å². The van der Waals surface area contributed by atoms with Crippen molar-refractivity contribution in [3.8, 4) is 0 Å². The molecule has 0 aliphatic carbocycles. The molecule has 1 unspecified atom stereocenters. The molecule has 2 amide bonds. The Bertz CT molecular complexity index is 443. The quantitative estimate of drug-likeness (QED) is 0.537. The van der Waals surface area contributed by atoms with Gasteiger partial charge in [-0.05, 0) is 6.92 Å². The van der Waals surface area contributed by atoms with Crippen molar-refractivity contribution in [1.29, 1.82) is 0 Å². The number of aryl methyl sites for hydroxylation is 1. The van der Waals surface area contributed by atoms with Gasteiger partial charge in [-0.1, -0.05) is 0 Å². The fourth-order valence-corrected chi connectivity index (χ4v) is 1.23. The maximum Gasteiger partial charge on any atom is 0.334 e. The van der Waals surface area contributed by atoms with Crippen molar-refractivity contribution >= 4 is 12.0 Å². The molecule has 1 aromatic rings. The van der Waals surface area contributed by atoms with Crippen molar-refractivity contribution in [2.75, 3.05) is 6.54 Å². The predicted octanol–water partition coefficient (Wildman–Crippen LogP) is -1.03. The van der Waals surface area contributed by atoms with Crippen LogP contribution >= 0.6 is 0 Å². The van der Waals surface area contributed by atoms with Crippen LogP contribution in [0.2, 0.25) is 0 Å². The summed E-state index contributed by atoms with van der Waals surface area (Å²) in [6.45, 7) is 1.82. The number of hydrogen-bond donors (Lipinski definition) is 4. The topological polar surface area (TPSA) is 116 Å². The van der Waals surface area contributed by atoms with Crippen LogP contribution in [0.4, 0.5) is 4.79 Å². The molecule has 1 rings (SSSR count). The van der Waals surface area contributed by atoms with Crippen molar-refractivity contribution in [3.05, 3.63) is 17.5 Å². The van der Waals surface area contributed by atoms with E-state index in [2.05, 4.69) is 15.7 Å². The van der Waals surface area contributed by atoms with E-state index in [1.165, 1.54) is 0 Å². The summed E-state index contributed by atoms with van der Waals surface area (Å²) < 4.78 is 1.68. The normalized spacial score (nSPS) is 11.9. The van der Waals surface area contributed by atoms with E-state index in [9.17, 15) is 9.59 Å². The maximum atomic E-state index is 11.3. The average molecular weight is 256 g/mol. The zero-order valence-corrected chi connectivity index (χ0v) is 10.2. The van der Waals surface area contributed by atoms with Crippen molar-refractivity contribution in [2.45, 2.75) is 19.6 Å². The zero-order chi connectivity index (χ0) is 13.7. The highest BCUT2D eigenvalue weighted by molar-refractivity contribution is 5.76. The lowest BCUT2D eigenvalue weighted by molar-refractivity contribution is -0.146. The Kier molecular flexibility index (Phi) is 4.67. The summed E-state index contributed by atoms with van der Waals surface area (Å²) in [7, 11) is 1.79. The van der Waals surface area contributed by atoms with E-state index in [1.54, 1.807) is 17.9 Å². The number of hydrogen-bond acceptors (Lipinski definition) is 4. The first-order chi connectivity index (χ1) is 8.41. The minimum absolute atomic E-state index is 0.286. The monoisotopic (exact) mass is 256 g/mol. The van der Waals surface area contributed by atoms with Crippen LogP contribution in [0.5, 0.6) is 0 Å². The van der Waals surface area contributed by atoms with Gasteiger partial charge in [0.05, 0.1) is 12.7 Å². The van der Waals surface area contributed by atoms with Gasteiger partial charge < -0.3 is 20.8 Å². The first-order valence-corrected chi connectivity index (χ1v) is 5.32. The molecule has 8 heteroatoms. The Balaban J connectivity index is 2.34. The number of urea groups is 1. The number of nitrogens with zero attached hydrogens (tertiary/aromatic N) is 2. The molecule has 0 aliphatic heterocycles. The largest absolute Gasteiger partial charge is 0.479 e. The number of nitrogens with one attached hydrogen (secondary N) is 2. The van der Waals surface area contributed by atoms with Gasteiger partial charge in [0.1, 0.15) is 0 Å². The summed E-state index contributed by atoms with van der Waals surface area (Å²) in [6.07, 6.45) is 0.0395. The number of rotatable bonds is 5. The first kappa shape index (κ1) is 14.0. The SMILES string of the molecule is Cc1c(CNC(=O)NCC(O)C(=O)O)cnn1C. The predicted molar refractivity (Wildman–Crippen MR) is 61.8 cm³/mol. The number of aliphatic carboxylic acids is 1. The summed E-state index contributed by atoms with van der Waals surface area (Å²) in [4.78, 5) is 21.6. The molecule has 1 heterocycles. The molecule has 1 atom stereocenters. The lowest BCUT2D eigenvalue weighted by atomic mass is 10.2. The van der Waals surface area contributed by atoms with E-state index in [0.717, 1.165) is 11.3 Å². The Morgan fingerprint density at radius 2 is 2.17 bits per heavy atom. The van der Waals surface area contributed by atoms with Crippen LogP contribution in [0.15, 0.2) is 6.20 Å². The number of aliphatic hydroxyl groups excluding tert-OH is 1. The molecule has 0 aromatic carbocycles. The number of carboxylic acids is 1. The Hall–Kier alpha value is -2.09. The molecule has 0 saturated heterocycles. The van der Waals surface area contributed by atoms with Gasteiger partial charge in [-0.3, -0.25) is 4.68 Å². The van der Waals surface area contributed by atoms with Gasteiger partial charge in [-0.15, -0.1) is 0 Å². The molecule has 100 valence electrons. The number of carboxylic acid groups (broad SMARTS) is 1. The summed E-state index contributed by atoms with van der Waals surface area (Å²) in [6, 6.07) is -0.543. The van der Waals surface area contributed by atoms with Crippen LogP contribution in [-0.2, 0) is 18.4 Å². The van der Waals surface area contributed by atoms with Crippen LogP contribution < -0.4 is 10.6 Å². The number of aromatic nitrogens is 2. The average Bonchev–Trinajstić information content (AvgIpc) is 2.64. The van der Waals surface area contributed by atoms with E-state index >= 15 is 0 Å². The molecule has 0 aliphatic rings. The Morgan fingerprint density at radius 3 is 2.67 bits per heavy atom. The van der Waals surface area contributed by atoms with Gasteiger partial charge in [0.15, 0.2) is 6.10 Å². The molecule has 0 radical (unpaired) electrons. The van der Waals surface area contributed by atoms with E-state index in [4.69, 9.17) is 10.2 Å². The third kappa shape index (κ3) is 3.74. The second kappa shape index (κ2) is 6.01. The van der Waals surface area contributed by atoms with Crippen LogP contribution in [0, 0.1) is 6.92 Å². The Labute approximate surface area is 104 Å². The Morgan fingerprint density at radius 1 is 1.50 bits per heavy atom. The summed E-state index contributed by atoms with van der Waals surface area (Å²) in [5.41, 5.74) is 1.80. The maximum absolute atomic E-state index is 11.3. The van der Waals surface area contributed by atoms with Crippen molar-refractivity contribution in [3.63, 3.8) is 0 Å². The highest BCUT2D eigenvalue weighted by Crippen LogP contribution is 2.04. The van der Waals surface area contributed by atoms with E-state index < -0.39 is 18.1 Å². The fourth-order valence-electron chi connectivity index (χ4n) is 1.23. The van der Waals surface area contributed by atoms with Crippen LogP contribution in [0.25, 0.3) is 0 Å². The minimum atomic E-state index is -1.60.